The first-order chi connectivity index (χ1) is 26.7. The molecule has 0 spiro atoms. The van der Waals surface area contributed by atoms with Gasteiger partial charge in [0.2, 0.25) is 0 Å². The summed E-state index contributed by atoms with van der Waals surface area (Å²) >= 11 is 0. The molecule has 0 aliphatic carbocycles. The largest absolute Gasteiger partial charge is 0.248 e. The molecule has 0 unspecified atom stereocenters. The van der Waals surface area contributed by atoms with Crippen LogP contribution in [0, 0.1) is 0 Å². The number of hydrogen-bond donors (Lipinski definition) is 0. The number of aromatic nitrogens is 3. The van der Waals surface area contributed by atoms with Crippen LogP contribution in [0.4, 0.5) is 0 Å². The summed E-state index contributed by atoms with van der Waals surface area (Å²) in [5.74, 6) is 0.706. The molecule has 0 N–H and O–H groups in total. The van der Waals surface area contributed by atoms with Crippen LogP contribution in [-0.2, 0) is 0 Å². The fourth-order valence-corrected chi connectivity index (χ4v) is 7.40. The van der Waals surface area contributed by atoms with E-state index in [1.807, 2.05) is 36.4 Å². The van der Waals surface area contributed by atoms with Gasteiger partial charge in [0.25, 0.3) is 0 Å². The molecule has 0 atom stereocenters. The van der Waals surface area contributed by atoms with Crippen LogP contribution in [0.1, 0.15) is 0 Å². The lowest BCUT2D eigenvalue weighted by molar-refractivity contribution is 1.18. The summed E-state index contributed by atoms with van der Waals surface area (Å²) in [5.41, 5.74) is 12.4. The number of pyridine rings is 1. The van der Waals surface area contributed by atoms with Crippen LogP contribution in [0.5, 0.6) is 0 Å². The van der Waals surface area contributed by atoms with Gasteiger partial charge in [-0.05, 0) is 80.2 Å². The van der Waals surface area contributed by atoms with Crippen molar-refractivity contribution in [3.05, 3.63) is 200 Å². The van der Waals surface area contributed by atoms with Crippen molar-refractivity contribution < 1.29 is 0 Å². The van der Waals surface area contributed by atoms with E-state index < -0.39 is 0 Å². The van der Waals surface area contributed by atoms with E-state index in [1.165, 1.54) is 27.1 Å². The highest BCUT2D eigenvalue weighted by atomic mass is 14.9. The van der Waals surface area contributed by atoms with Crippen molar-refractivity contribution in [1.82, 2.24) is 15.0 Å². The van der Waals surface area contributed by atoms with Crippen LogP contribution < -0.4 is 0 Å². The standard InChI is InChI=1S/C51H33N3/c1-3-13-37(14-4-1)49-33-50(54-51(53-49)39-15-5-2-6-16-39)38-23-21-36(22-24-38)45-32-48(44-26-20-35-12-8-10-18-41(35)30-44)52-47-28-27-43(31-46(45)47)42-25-19-34-11-7-9-17-40(34)29-42/h1-33H. The first kappa shape index (κ1) is 31.5. The molecule has 2 heterocycles. The molecular weight excluding hydrogens is 655 g/mol. The van der Waals surface area contributed by atoms with Crippen LogP contribution >= 0.6 is 0 Å². The minimum atomic E-state index is 0.706. The maximum atomic E-state index is 5.25. The molecule has 0 bridgehead atoms. The topological polar surface area (TPSA) is 38.7 Å². The highest BCUT2D eigenvalue weighted by molar-refractivity contribution is 6.00. The molecule has 3 heteroatoms. The molecule has 0 saturated heterocycles. The van der Waals surface area contributed by atoms with Crippen LogP contribution in [0.3, 0.4) is 0 Å². The molecule has 0 radical (unpaired) electrons. The Labute approximate surface area is 313 Å². The molecule has 2 aromatic heterocycles. The molecule has 10 rings (SSSR count). The molecule has 10 aromatic rings. The van der Waals surface area contributed by atoms with Crippen LogP contribution in [0.2, 0.25) is 0 Å². The van der Waals surface area contributed by atoms with Crippen molar-refractivity contribution in [2.24, 2.45) is 0 Å². The lowest BCUT2D eigenvalue weighted by Crippen LogP contribution is -1.96. The van der Waals surface area contributed by atoms with Crippen molar-refractivity contribution >= 4 is 32.4 Å². The summed E-state index contributed by atoms with van der Waals surface area (Å²) in [6.45, 7) is 0. The van der Waals surface area contributed by atoms with Gasteiger partial charge in [-0.1, -0.05) is 164 Å². The predicted molar refractivity (Wildman–Crippen MR) is 225 cm³/mol. The van der Waals surface area contributed by atoms with E-state index in [4.69, 9.17) is 15.0 Å². The second-order valence-electron chi connectivity index (χ2n) is 13.7. The van der Waals surface area contributed by atoms with Gasteiger partial charge in [0, 0.05) is 27.6 Å². The third kappa shape index (κ3) is 5.98. The van der Waals surface area contributed by atoms with Gasteiger partial charge < -0.3 is 0 Å². The van der Waals surface area contributed by atoms with Gasteiger partial charge in [-0.25, -0.2) is 15.0 Å². The van der Waals surface area contributed by atoms with Crippen molar-refractivity contribution in [2.75, 3.05) is 0 Å². The first-order valence-corrected chi connectivity index (χ1v) is 18.3. The Morgan fingerprint density at radius 1 is 0.259 bits per heavy atom. The normalized spacial score (nSPS) is 11.3. The zero-order valence-corrected chi connectivity index (χ0v) is 29.4. The van der Waals surface area contributed by atoms with Crippen LogP contribution in [0.15, 0.2) is 200 Å². The smallest absolute Gasteiger partial charge is 0.160 e. The number of nitrogens with zero attached hydrogens (tertiary/aromatic N) is 3. The summed E-state index contributed by atoms with van der Waals surface area (Å²) in [7, 11) is 0. The average molecular weight is 688 g/mol. The Morgan fingerprint density at radius 2 is 0.722 bits per heavy atom. The number of rotatable bonds is 6. The van der Waals surface area contributed by atoms with Gasteiger partial charge in [0.1, 0.15) is 0 Å². The van der Waals surface area contributed by atoms with E-state index in [0.717, 1.165) is 66.9 Å². The van der Waals surface area contributed by atoms with E-state index in [1.54, 1.807) is 0 Å². The second kappa shape index (κ2) is 13.4. The number of fused-ring (bicyclic) bond motifs is 3. The van der Waals surface area contributed by atoms with Crippen molar-refractivity contribution in [3.63, 3.8) is 0 Å². The fourth-order valence-electron chi connectivity index (χ4n) is 7.40. The summed E-state index contributed by atoms with van der Waals surface area (Å²) < 4.78 is 0. The summed E-state index contributed by atoms with van der Waals surface area (Å²) in [6, 6.07) is 70.6. The Hall–Kier alpha value is -7.23. The van der Waals surface area contributed by atoms with Crippen molar-refractivity contribution in [2.45, 2.75) is 0 Å². The van der Waals surface area contributed by atoms with Gasteiger partial charge in [-0.3, -0.25) is 0 Å². The predicted octanol–water partition coefficient (Wildman–Crippen LogP) is 13.3. The Morgan fingerprint density at radius 3 is 1.39 bits per heavy atom. The monoisotopic (exact) mass is 687 g/mol. The first-order valence-electron chi connectivity index (χ1n) is 18.3. The molecule has 8 aromatic carbocycles. The molecule has 252 valence electrons. The summed E-state index contributed by atoms with van der Waals surface area (Å²) in [5, 5.41) is 5.99. The summed E-state index contributed by atoms with van der Waals surface area (Å²) in [4.78, 5) is 15.3. The van der Waals surface area contributed by atoms with Crippen molar-refractivity contribution in [3.8, 4) is 67.4 Å². The van der Waals surface area contributed by atoms with Crippen LogP contribution in [-0.4, -0.2) is 15.0 Å². The van der Waals surface area contributed by atoms with Gasteiger partial charge in [0.05, 0.1) is 22.6 Å². The van der Waals surface area contributed by atoms with E-state index in [2.05, 4.69) is 164 Å². The zero-order valence-electron chi connectivity index (χ0n) is 29.4. The van der Waals surface area contributed by atoms with Gasteiger partial charge in [-0.15, -0.1) is 0 Å². The molecular formula is C51H33N3. The SMILES string of the molecule is c1ccc(-c2cc(-c3ccc(-c4cc(-c5ccc6ccccc6c5)nc5ccc(-c6ccc7ccccc7c6)cc45)cc3)nc(-c3ccccc3)n2)cc1. The average Bonchev–Trinajstić information content (AvgIpc) is 3.26. The maximum Gasteiger partial charge on any atom is 0.160 e. The van der Waals surface area contributed by atoms with E-state index in [-0.39, 0.29) is 0 Å². The Balaban J connectivity index is 1.11. The number of hydrogen-bond acceptors (Lipinski definition) is 3. The zero-order chi connectivity index (χ0) is 35.8. The lowest BCUT2D eigenvalue weighted by Gasteiger charge is -2.14. The minimum Gasteiger partial charge on any atom is -0.248 e. The molecule has 0 amide bonds. The maximum absolute atomic E-state index is 5.25. The molecule has 0 fully saturated rings. The summed E-state index contributed by atoms with van der Waals surface area (Å²) in [6.07, 6.45) is 0. The third-order valence-electron chi connectivity index (χ3n) is 10.3. The third-order valence-corrected chi connectivity index (χ3v) is 10.3. The van der Waals surface area contributed by atoms with Gasteiger partial charge in [-0.2, -0.15) is 0 Å². The quantitative estimate of drug-likeness (QED) is 0.175. The Kier molecular flexibility index (Phi) is 7.81. The van der Waals surface area contributed by atoms with E-state index in [0.29, 0.717) is 5.82 Å². The molecule has 0 saturated carbocycles. The fraction of sp³-hybridized carbons (Fsp3) is 0. The molecule has 0 aliphatic rings. The highest BCUT2D eigenvalue weighted by Gasteiger charge is 2.15. The second-order valence-corrected chi connectivity index (χ2v) is 13.7. The molecule has 0 aliphatic heterocycles. The Bertz CT molecular complexity index is 2910. The highest BCUT2D eigenvalue weighted by Crippen LogP contribution is 2.37. The van der Waals surface area contributed by atoms with Gasteiger partial charge >= 0.3 is 0 Å². The molecule has 54 heavy (non-hydrogen) atoms. The van der Waals surface area contributed by atoms with Crippen LogP contribution in [0.25, 0.3) is 99.9 Å². The van der Waals surface area contributed by atoms with E-state index >= 15 is 0 Å². The molecule has 3 nitrogen and oxygen atoms in total. The number of benzene rings is 8. The lowest BCUT2D eigenvalue weighted by atomic mass is 9.93. The van der Waals surface area contributed by atoms with Gasteiger partial charge in [0.15, 0.2) is 5.82 Å². The minimum absolute atomic E-state index is 0.706. The van der Waals surface area contributed by atoms with E-state index in [9.17, 15) is 0 Å². The van der Waals surface area contributed by atoms with Crippen molar-refractivity contribution in [1.29, 1.82) is 0 Å².